The van der Waals surface area contributed by atoms with Gasteiger partial charge >= 0.3 is 6.18 Å². The van der Waals surface area contributed by atoms with Crippen molar-refractivity contribution in [2.75, 3.05) is 13.2 Å². The molecule has 0 aromatic heterocycles. The van der Waals surface area contributed by atoms with E-state index in [0.717, 1.165) is 11.3 Å². The summed E-state index contributed by atoms with van der Waals surface area (Å²) in [6, 6.07) is 6.16. The van der Waals surface area contributed by atoms with Gasteiger partial charge < -0.3 is 15.0 Å². The zero-order valence-electron chi connectivity index (χ0n) is 18.8. The van der Waals surface area contributed by atoms with Crippen LogP contribution in [0.5, 0.6) is 0 Å². The van der Waals surface area contributed by atoms with Gasteiger partial charge in [-0.25, -0.2) is 0 Å². The van der Waals surface area contributed by atoms with Crippen LogP contribution in [-0.2, 0) is 14.3 Å². The Bertz CT molecular complexity index is 1040. The number of aryl methyl sites for hydroxylation is 1. The number of rotatable bonds is 4. The Kier molecular flexibility index (Phi) is 5.67. The van der Waals surface area contributed by atoms with Gasteiger partial charge in [-0.1, -0.05) is 32.0 Å². The first-order valence-corrected chi connectivity index (χ1v) is 11.0. The lowest BCUT2D eigenvalue weighted by Gasteiger charge is -2.35. The summed E-state index contributed by atoms with van der Waals surface area (Å²) in [6.07, 6.45) is -4.31. The van der Waals surface area contributed by atoms with Gasteiger partial charge in [0.05, 0.1) is 18.2 Å². The second kappa shape index (κ2) is 7.97. The number of ether oxygens (including phenoxy) is 1. The van der Waals surface area contributed by atoms with Crippen LogP contribution in [0.15, 0.2) is 35.5 Å². The summed E-state index contributed by atoms with van der Waals surface area (Å²) in [4.78, 5) is 40.8. The summed E-state index contributed by atoms with van der Waals surface area (Å²) in [7, 11) is 0. The van der Waals surface area contributed by atoms with Crippen LogP contribution in [0.3, 0.4) is 0 Å². The zero-order valence-corrected chi connectivity index (χ0v) is 18.8. The average Bonchev–Trinajstić information content (AvgIpc) is 3.28. The largest absolute Gasteiger partial charge is 0.425 e. The Morgan fingerprint density at radius 2 is 1.91 bits per heavy atom. The molecule has 0 bridgehead atoms. The average molecular weight is 464 g/mol. The molecule has 33 heavy (non-hydrogen) atoms. The quantitative estimate of drug-likeness (QED) is 0.738. The summed E-state index contributed by atoms with van der Waals surface area (Å²) in [5.74, 6) is -3.17. The van der Waals surface area contributed by atoms with Gasteiger partial charge in [0.1, 0.15) is 0 Å². The Labute approximate surface area is 190 Å². The van der Waals surface area contributed by atoms with Crippen LogP contribution >= 0.6 is 0 Å². The summed E-state index contributed by atoms with van der Waals surface area (Å²) >= 11 is 0. The fraction of sp³-hybridized carbons (Fsp3) is 0.542. The van der Waals surface area contributed by atoms with Crippen LogP contribution in [0.4, 0.5) is 13.2 Å². The first-order valence-electron chi connectivity index (χ1n) is 11.0. The topological polar surface area (TPSA) is 75.7 Å². The van der Waals surface area contributed by atoms with E-state index in [4.69, 9.17) is 4.74 Å². The number of benzene rings is 1. The van der Waals surface area contributed by atoms with Crippen LogP contribution < -0.4 is 5.32 Å². The Balaban J connectivity index is 1.85. The van der Waals surface area contributed by atoms with Gasteiger partial charge in [0.25, 0.3) is 11.8 Å². The SMILES string of the molecule is Cc1ccccc1C(=O)NC1(C(F)(F)F)C(=O)N(CC2CCCO2)C2=C1C(=O)CC(C)(C)C2. The zero-order chi connectivity index (χ0) is 24.2. The second-order valence-corrected chi connectivity index (χ2v) is 9.83. The van der Waals surface area contributed by atoms with Crippen LogP contribution in [-0.4, -0.2) is 53.5 Å². The molecule has 1 fully saturated rings. The van der Waals surface area contributed by atoms with Crippen molar-refractivity contribution >= 4 is 17.6 Å². The van der Waals surface area contributed by atoms with E-state index in [1.807, 2.05) is 5.32 Å². The van der Waals surface area contributed by atoms with E-state index in [1.54, 1.807) is 32.9 Å². The highest BCUT2D eigenvalue weighted by Gasteiger charge is 2.71. The minimum Gasteiger partial charge on any atom is -0.376 e. The second-order valence-electron chi connectivity index (χ2n) is 9.83. The number of hydrogen-bond donors (Lipinski definition) is 1. The van der Waals surface area contributed by atoms with Crippen LogP contribution in [0.1, 0.15) is 55.5 Å². The maximum Gasteiger partial charge on any atom is 0.425 e. The molecular weight excluding hydrogens is 437 g/mol. The lowest BCUT2D eigenvalue weighted by Crippen LogP contribution is -2.66. The number of nitrogens with zero attached hydrogens (tertiary/aromatic N) is 1. The third-order valence-corrected chi connectivity index (χ3v) is 6.65. The summed E-state index contributed by atoms with van der Waals surface area (Å²) in [5.41, 5.74) is -4.18. The minimum atomic E-state index is -5.22. The molecule has 9 heteroatoms. The minimum absolute atomic E-state index is 0.0113. The first kappa shape index (κ1) is 23.5. The van der Waals surface area contributed by atoms with Crippen molar-refractivity contribution in [2.45, 2.75) is 64.3 Å². The fourth-order valence-corrected chi connectivity index (χ4v) is 5.08. The van der Waals surface area contributed by atoms with Gasteiger partial charge in [-0.2, -0.15) is 13.2 Å². The summed E-state index contributed by atoms with van der Waals surface area (Å²) < 4.78 is 49.9. The molecule has 1 N–H and O–H groups in total. The first-order chi connectivity index (χ1) is 15.4. The molecule has 6 nitrogen and oxygen atoms in total. The van der Waals surface area contributed by atoms with Gasteiger partial charge in [0.2, 0.25) is 5.54 Å². The van der Waals surface area contributed by atoms with Gasteiger partial charge in [0, 0.05) is 24.3 Å². The molecule has 0 radical (unpaired) electrons. The van der Waals surface area contributed by atoms with Crippen LogP contribution in [0.25, 0.3) is 0 Å². The van der Waals surface area contributed by atoms with Crippen molar-refractivity contribution in [1.29, 1.82) is 0 Å². The highest BCUT2D eigenvalue weighted by molar-refractivity contribution is 6.14. The van der Waals surface area contributed by atoms with Crippen molar-refractivity contribution in [3.63, 3.8) is 0 Å². The van der Waals surface area contributed by atoms with Crippen molar-refractivity contribution in [2.24, 2.45) is 5.41 Å². The van der Waals surface area contributed by atoms with Crippen molar-refractivity contribution < 1.29 is 32.3 Å². The molecule has 1 aromatic rings. The van der Waals surface area contributed by atoms with Crippen molar-refractivity contribution in [1.82, 2.24) is 10.2 Å². The molecule has 2 aliphatic heterocycles. The molecule has 4 rings (SSSR count). The van der Waals surface area contributed by atoms with Gasteiger partial charge in [-0.15, -0.1) is 0 Å². The third-order valence-electron chi connectivity index (χ3n) is 6.65. The Morgan fingerprint density at radius 3 is 2.52 bits per heavy atom. The molecule has 3 aliphatic rings. The smallest absolute Gasteiger partial charge is 0.376 e. The van der Waals surface area contributed by atoms with Gasteiger partial charge in [0.15, 0.2) is 5.78 Å². The van der Waals surface area contributed by atoms with E-state index < -0.39 is 46.4 Å². The molecule has 1 aliphatic carbocycles. The normalized spacial score (nSPS) is 27.2. The van der Waals surface area contributed by atoms with E-state index in [0.29, 0.717) is 18.6 Å². The maximum atomic E-state index is 14.8. The van der Waals surface area contributed by atoms with Crippen LogP contribution in [0, 0.1) is 12.3 Å². The number of nitrogens with one attached hydrogen (secondary N) is 1. The number of amides is 2. The summed E-state index contributed by atoms with van der Waals surface area (Å²) in [5, 5.41) is 1.98. The van der Waals surface area contributed by atoms with E-state index in [-0.39, 0.29) is 30.6 Å². The maximum absolute atomic E-state index is 14.8. The number of Topliss-reactive ketones (excluding diaryl/α,β-unsaturated/α-hetero) is 1. The summed E-state index contributed by atoms with van der Waals surface area (Å²) in [6.45, 7) is 5.54. The molecule has 178 valence electrons. The molecule has 1 aromatic carbocycles. The van der Waals surface area contributed by atoms with E-state index in [1.165, 1.54) is 12.1 Å². The van der Waals surface area contributed by atoms with E-state index >= 15 is 0 Å². The molecule has 2 heterocycles. The number of hydrogen-bond acceptors (Lipinski definition) is 4. The monoisotopic (exact) mass is 464 g/mol. The number of carbonyl (C=O) groups is 3. The van der Waals surface area contributed by atoms with E-state index in [2.05, 4.69) is 0 Å². The fourth-order valence-electron chi connectivity index (χ4n) is 5.08. The van der Waals surface area contributed by atoms with E-state index in [9.17, 15) is 27.6 Å². The standard InChI is InChI=1S/C24H27F3N2O4/c1-14-7-4-5-9-16(14)20(31)28-23(24(25,26)27)19-17(11-22(2,3)12-18(19)30)29(21(23)32)13-15-8-6-10-33-15/h4-5,7,9,15H,6,8,10-13H2,1-3H3,(H,28,31). The number of alkyl halides is 3. The van der Waals surface area contributed by atoms with Gasteiger partial charge in [-0.3, -0.25) is 14.4 Å². The molecule has 0 saturated carbocycles. The third kappa shape index (κ3) is 3.86. The van der Waals surface area contributed by atoms with Crippen molar-refractivity contribution in [3.8, 4) is 0 Å². The Morgan fingerprint density at radius 1 is 1.21 bits per heavy atom. The lowest BCUT2D eigenvalue weighted by atomic mass is 9.72. The van der Waals surface area contributed by atoms with Crippen LogP contribution in [0.2, 0.25) is 0 Å². The molecule has 1 saturated heterocycles. The highest BCUT2D eigenvalue weighted by atomic mass is 19.4. The molecule has 2 atom stereocenters. The molecule has 2 unspecified atom stereocenters. The number of halogens is 3. The number of allylic oxidation sites excluding steroid dienone is 1. The molecule has 2 amide bonds. The Hall–Kier alpha value is -2.68. The lowest BCUT2D eigenvalue weighted by molar-refractivity contribution is -0.191. The van der Waals surface area contributed by atoms with Gasteiger partial charge in [-0.05, 0) is 43.2 Å². The molecular formula is C24H27F3N2O4. The molecule has 0 spiro atoms. The predicted octanol–water partition coefficient (Wildman–Crippen LogP) is 3.69. The predicted molar refractivity (Wildman–Crippen MR) is 113 cm³/mol. The number of carbonyl (C=O) groups excluding carboxylic acids is 3. The van der Waals surface area contributed by atoms with Crippen molar-refractivity contribution in [3.05, 3.63) is 46.7 Å². The highest BCUT2D eigenvalue weighted by Crippen LogP contribution is 2.52. The number of ketones is 1.